The Bertz CT molecular complexity index is 6090. The van der Waals surface area contributed by atoms with Crippen molar-refractivity contribution in [3.8, 4) is 136 Å². The molecule has 104 heavy (non-hydrogen) atoms. The summed E-state index contributed by atoms with van der Waals surface area (Å²) in [6.07, 6.45) is 0. The highest BCUT2D eigenvalue weighted by Crippen LogP contribution is 2.46. The third kappa shape index (κ3) is 10.9. The lowest BCUT2D eigenvalue weighted by Crippen LogP contribution is -2.04. The maximum atomic E-state index is 10.5. The zero-order chi connectivity index (χ0) is 70.4. The molecule has 4 heterocycles. The summed E-state index contributed by atoms with van der Waals surface area (Å²) in [6.45, 7) is 31.9. The minimum Gasteiger partial charge on any atom is -0.308 e. The highest BCUT2D eigenvalue weighted by Gasteiger charge is 2.26. The van der Waals surface area contributed by atoms with Gasteiger partial charge in [-0.2, -0.15) is 10.5 Å². The third-order valence-corrected chi connectivity index (χ3v) is 18.8. The van der Waals surface area contributed by atoms with Crippen molar-refractivity contribution in [3.05, 3.63) is 348 Å². The summed E-state index contributed by atoms with van der Waals surface area (Å²) in [5.41, 5.74) is 17.0. The van der Waals surface area contributed by atoms with Crippen LogP contribution in [0.5, 0.6) is 0 Å². The van der Waals surface area contributed by atoms with E-state index in [1.807, 2.05) is 182 Å². The van der Waals surface area contributed by atoms with Gasteiger partial charge in [0.25, 0.3) is 0 Å². The molecule has 0 N–H and O–H groups in total. The molecular weight excluding hydrogens is 1280 g/mol. The van der Waals surface area contributed by atoms with Crippen molar-refractivity contribution in [1.82, 2.24) is 39.0 Å². The molecule has 478 valence electrons. The second-order valence-electron chi connectivity index (χ2n) is 24.7. The first-order chi connectivity index (χ1) is 51.3. The molecule has 0 saturated carbocycles. The van der Waals surface area contributed by atoms with Crippen molar-refractivity contribution < 1.29 is 0 Å². The minimum atomic E-state index is 0.218. The van der Waals surface area contributed by atoms with Crippen molar-refractivity contribution in [3.63, 3.8) is 0 Å². The maximum Gasteiger partial charge on any atom is 0.186 e. The quantitative estimate of drug-likeness (QED) is 0.110. The Hall–Kier alpha value is -15.6. The number of hydrogen-bond donors (Lipinski definition) is 0. The molecule has 0 radical (unpaired) electrons. The van der Waals surface area contributed by atoms with E-state index >= 15 is 0 Å². The number of rotatable bonds is 12. The van der Waals surface area contributed by atoms with Crippen LogP contribution in [0.4, 0.5) is 22.7 Å². The average molecular weight is 1330 g/mol. The predicted octanol–water partition coefficient (Wildman–Crippen LogP) is 22.9. The van der Waals surface area contributed by atoms with E-state index in [1.165, 1.54) is 12.1 Å². The van der Waals surface area contributed by atoms with Gasteiger partial charge in [-0.25, -0.2) is 49.3 Å². The summed E-state index contributed by atoms with van der Waals surface area (Å²) < 4.78 is 4.47. The lowest BCUT2D eigenvalue weighted by atomic mass is 9.95. The van der Waals surface area contributed by atoms with Crippen LogP contribution in [-0.2, 0) is 0 Å². The first-order valence-electron chi connectivity index (χ1n) is 33.1. The van der Waals surface area contributed by atoms with Crippen molar-refractivity contribution >= 4 is 66.4 Å². The molecule has 0 saturated heterocycles. The Morgan fingerprint density at radius 3 is 0.933 bits per heavy atom. The zero-order valence-electron chi connectivity index (χ0n) is 55.0. The van der Waals surface area contributed by atoms with Crippen LogP contribution in [0.3, 0.4) is 0 Å². The van der Waals surface area contributed by atoms with Crippen molar-refractivity contribution in [2.45, 2.75) is 0 Å². The molecule has 0 bridgehead atoms. The maximum absolute atomic E-state index is 10.5. The van der Waals surface area contributed by atoms with E-state index in [9.17, 15) is 10.5 Å². The highest BCUT2D eigenvalue weighted by atomic mass is 15.1. The molecule has 14 nitrogen and oxygen atoms in total. The molecular formula is C90H48N14. The summed E-state index contributed by atoms with van der Waals surface area (Å²) in [4.78, 5) is 46.2. The topological polar surface area (TPSA) is 152 Å². The second kappa shape index (κ2) is 26.0. The van der Waals surface area contributed by atoms with Crippen LogP contribution in [0.1, 0.15) is 11.1 Å². The van der Waals surface area contributed by atoms with E-state index in [1.54, 1.807) is 12.1 Å². The van der Waals surface area contributed by atoms with Crippen molar-refractivity contribution in [1.29, 1.82) is 10.5 Å². The van der Waals surface area contributed by atoms with E-state index in [-0.39, 0.29) is 33.9 Å². The Labute approximate surface area is 596 Å². The molecule has 17 aromatic rings. The smallest absolute Gasteiger partial charge is 0.186 e. The Morgan fingerprint density at radius 1 is 0.260 bits per heavy atom. The molecule has 0 aliphatic carbocycles. The molecule has 0 atom stereocenters. The fourth-order valence-corrected chi connectivity index (χ4v) is 14.0. The summed E-state index contributed by atoms with van der Waals surface area (Å²) in [6, 6.07) is 99.9. The molecule has 17 rings (SSSR count). The Balaban J connectivity index is 0.884. The molecule has 14 heteroatoms. The summed E-state index contributed by atoms with van der Waals surface area (Å²) in [5, 5.41) is 24.6. The molecule has 0 fully saturated rings. The van der Waals surface area contributed by atoms with E-state index in [0.717, 1.165) is 111 Å². The molecule has 13 aromatic carbocycles. The van der Waals surface area contributed by atoms with Gasteiger partial charge in [0.05, 0.1) is 71.9 Å². The van der Waals surface area contributed by atoms with Gasteiger partial charge in [0.1, 0.15) is 0 Å². The van der Waals surface area contributed by atoms with Crippen LogP contribution < -0.4 is 0 Å². The van der Waals surface area contributed by atoms with Gasteiger partial charge in [0.15, 0.2) is 57.7 Å². The SMILES string of the molecule is [C-]#[N+]c1cc(C#N)c(-c2ccc3c(c2)c2ccccc2n3-c2cc(-c3cccc(-c4ccc(-c5nc(-c6ccccc6)nc(-c6ccccc6)n5)c(-n5c6ccccc6c6cc(-c7c(C#N)cc([N+]#[C-])cc7[N+]#[C-])ccc65)c4)c3)ccc2-c2nc(-c3ccccc3)nc(-c3ccccc3)n2)c([N+]#[C-])c1. The van der Waals surface area contributed by atoms with Crippen LogP contribution >= 0.6 is 0 Å². The molecule has 0 spiro atoms. The van der Waals surface area contributed by atoms with E-state index in [2.05, 4.69) is 126 Å². The van der Waals surface area contributed by atoms with Crippen LogP contribution in [0.25, 0.3) is 187 Å². The largest absolute Gasteiger partial charge is 0.308 e. The van der Waals surface area contributed by atoms with Crippen molar-refractivity contribution in [2.75, 3.05) is 0 Å². The van der Waals surface area contributed by atoms with Gasteiger partial charge in [0.2, 0.25) is 0 Å². The summed E-state index contributed by atoms with van der Waals surface area (Å²) in [5.74, 6) is 2.92. The fraction of sp³-hybridized carbons (Fsp3) is 0. The molecule has 0 aliphatic heterocycles. The lowest BCUT2D eigenvalue weighted by Gasteiger charge is -2.18. The van der Waals surface area contributed by atoms with Crippen LogP contribution in [0.2, 0.25) is 0 Å². The number of aromatic nitrogens is 8. The number of hydrogen-bond acceptors (Lipinski definition) is 8. The van der Waals surface area contributed by atoms with E-state index < -0.39 is 0 Å². The van der Waals surface area contributed by atoms with Gasteiger partial charge in [0, 0.05) is 77.2 Å². The van der Waals surface area contributed by atoms with Gasteiger partial charge >= 0.3 is 0 Å². The standard InChI is InChI=1S/C90H48N14/c1-93-67-45-65(53-91)83(75(51-67)95-3)63-38-42-79-73(47-63)69-32-17-19-34-77(69)103(79)81-49-61(36-40-71(81)89-99-85(55-22-9-5-10-23-55)97-86(100-89)56-24-11-6-12-25-56)59-30-21-31-60(44-59)62-37-41-72(90-101-87(57-26-13-7-14-27-57)98-88(102-90)58-28-15-8-16-29-58)82(50-62)104-78-35-20-18-33-70(78)74-48-64(39-43-80(74)104)84-66(54-92)46-68(94-2)52-76(84)96-4/h5-52H. The zero-order valence-corrected chi connectivity index (χ0v) is 55.0. The minimum absolute atomic E-state index is 0.218. The number of benzene rings is 13. The highest BCUT2D eigenvalue weighted by molar-refractivity contribution is 6.13. The summed E-state index contributed by atoms with van der Waals surface area (Å²) in [7, 11) is 0. The second-order valence-corrected chi connectivity index (χ2v) is 24.7. The molecule has 0 aliphatic rings. The van der Waals surface area contributed by atoms with Gasteiger partial charge in [-0.1, -0.05) is 212 Å². The van der Waals surface area contributed by atoms with Crippen molar-refractivity contribution in [2.24, 2.45) is 0 Å². The third-order valence-electron chi connectivity index (χ3n) is 18.8. The number of fused-ring (bicyclic) bond motifs is 6. The molecule has 0 unspecified atom stereocenters. The number of nitrogens with zero attached hydrogens (tertiary/aromatic N) is 14. The molecule has 4 aromatic heterocycles. The number of nitriles is 2. The van der Waals surface area contributed by atoms with Crippen LogP contribution in [0, 0.1) is 49.0 Å². The first kappa shape index (κ1) is 62.0. The van der Waals surface area contributed by atoms with Crippen LogP contribution in [-0.4, -0.2) is 39.0 Å². The monoisotopic (exact) mass is 1320 g/mol. The number of para-hydroxylation sites is 2. The lowest BCUT2D eigenvalue weighted by molar-refractivity contribution is 1.06. The van der Waals surface area contributed by atoms with Gasteiger partial charge < -0.3 is 9.13 Å². The average Bonchev–Trinajstić information content (AvgIpc) is 1.57. The van der Waals surface area contributed by atoms with Gasteiger partial charge in [-0.15, -0.1) is 0 Å². The predicted molar refractivity (Wildman–Crippen MR) is 411 cm³/mol. The Morgan fingerprint density at radius 2 is 0.577 bits per heavy atom. The van der Waals surface area contributed by atoms with Crippen LogP contribution in [0.15, 0.2) is 291 Å². The molecule has 0 amide bonds. The summed E-state index contributed by atoms with van der Waals surface area (Å²) >= 11 is 0. The van der Waals surface area contributed by atoms with Gasteiger partial charge in [-0.05, 0) is 112 Å². The first-order valence-corrected chi connectivity index (χ1v) is 33.1. The normalized spacial score (nSPS) is 11.0. The Kier molecular flexibility index (Phi) is 15.5. The van der Waals surface area contributed by atoms with Gasteiger partial charge in [-0.3, -0.25) is 0 Å². The van der Waals surface area contributed by atoms with E-state index in [0.29, 0.717) is 57.2 Å². The van der Waals surface area contributed by atoms with E-state index in [4.69, 9.17) is 56.2 Å². The fourth-order valence-electron chi connectivity index (χ4n) is 14.0.